The topological polar surface area (TPSA) is 134 Å². The first-order valence-electron chi connectivity index (χ1n) is 9.99. The van der Waals surface area contributed by atoms with E-state index in [2.05, 4.69) is 25.7 Å². The van der Waals surface area contributed by atoms with Crippen molar-refractivity contribution >= 4 is 21.6 Å². The number of rotatable bonds is 5. The Morgan fingerprint density at radius 2 is 1.97 bits per heavy atom. The molecule has 1 saturated heterocycles. The van der Waals surface area contributed by atoms with E-state index in [0.29, 0.717) is 35.9 Å². The van der Waals surface area contributed by atoms with Crippen molar-refractivity contribution in [3.63, 3.8) is 0 Å². The van der Waals surface area contributed by atoms with Crippen LogP contribution in [-0.2, 0) is 14.8 Å². The maximum absolute atomic E-state index is 12.9. The number of aryl methyl sites for hydroxylation is 3. The van der Waals surface area contributed by atoms with Crippen LogP contribution in [0.25, 0.3) is 11.4 Å². The first-order valence-corrected chi connectivity index (χ1v) is 11.4. The smallest absolute Gasteiger partial charge is 0.248 e. The van der Waals surface area contributed by atoms with Gasteiger partial charge >= 0.3 is 0 Å². The van der Waals surface area contributed by atoms with Crippen LogP contribution in [0.4, 0.5) is 5.69 Å². The third-order valence-electron chi connectivity index (χ3n) is 5.38. The number of hydrogen-bond acceptors (Lipinski definition) is 7. The highest BCUT2D eigenvalue weighted by atomic mass is 32.2. The van der Waals surface area contributed by atoms with E-state index in [1.165, 1.54) is 4.31 Å². The van der Waals surface area contributed by atoms with E-state index in [-0.39, 0.29) is 35.6 Å². The first-order chi connectivity index (χ1) is 14.8. The molecule has 0 bridgehead atoms. The molecule has 0 atom stereocenters. The van der Waals surface area contributed by atoms with Gasteiger partial charge in [0.25, 0.3) is 0 Å². The summed E-state index contributed by atoms with van der Waals surface area (Å²) in [7, 11) is -3.69. The highest BCUT2D eigenvalue weighted by Gasteiger charge is 2.35. The third-order valence-corrected chi connectivity index (χ3v) is 7.52. The van der Waals surface area contributed by atoms with Crippen molar-refractivity contribution < 1.29 is 17.7 Å². The standard InChI is InChI=1S/C20H24N6O4S/c1-12-18(13(2)30-25-12)31(28,29)26-9-7-15(8-10-26)20(27)22-17-6-4-5-16(11-17)19-21-14(3)23-24-19/h4-6,11,15H,7-10H2,1-3H3,(H,22,27)(H,21,23,24). The number of H-pyrrole nitrogens is 1. The minimum atomic E-state index is -3.69. The predicted octanol–water partition coefficient (Wildman–Crippen LogP) is 2.42. The van der Waals surface area contributed by atoms with Crippen LogP contribution in [0.15, 0.2) is 33.7 Å². The van der Waals surface area contributed by atoms with Crippen molar-refractivity contribution in [1.29, 1.82) is 0 Å². The van der Waals surface area contributed by atoms with Crippen molar-refractivity contribution in [2.24, 2.45) is 5.92 Å². The number of benzene rings is 1. The summed E-state index contributed by atoms with van der Waals surface area (Å²) in [6.45, 7) is 5.54. The zero-order chi connectivity index (χ0) is 22.2. The molecule has 1 fully saturated rings. The van der Waals surface area contributed by atoms with Crippen LogP contribution >= 0.6 is 0 Å². The highest BCUT2D eigenvalue weighted by Crippen LogP contribution is 2.28. The molecule has 11 heteroatoms. The normalized spacial score (nSPS) is 15.8. The number of carbonyl (C=O) groups excluding carboxylic acids is 1. The fourth-order valence-corrected chi connectivity index (χ4v) is 5.54. The minimum Gasteiger partial charge on any atom is -0.360 e. The second-order valence-electron chi connectivity index (χ2n) is 7.65. The highest BCUT2D eigenvalue weighted by molar-refractivity contribution is 7.89. The lowest BCUT2D eigenvalue weighted by Crippen LogP contribution is -2.41. The number of aromatic amines is 1. The van der Waals surface area contributed by atoms with Crippen LogP contribution in [-0.4, -0.2) is 52.1 Å². The lowest BCUT2D eigenvalue weighted by atomic mass is 9.97. The van der Waals surface area contributed by atoms with Gasteiger partial charge in [0.05, 0.1) is 0 Å². The van der Waals surface area contributed by atoms with Gasteiger partial charge in [0, 0.05) is 30.3 Å². The number of nitrogens with zero attached hydrogens (tertiary/aromatic N) is 4. The zero-order valence-electron chi connectivity index (χ0n) is 17.5. The predicted molar refractivity (Wildman–Crippen MR) is 113 cm³/mol. The molecule has 3 heterocycles. The second-order valence-corrected chi connectivity index (χ2v) is 9.52. The lowest BCUT2D eigenvalue weighted by Gasteiger charge is -2.30. The molecule has 3 aromatic rings. The summed E-state index contributed by atoms with van der Waals surface area (Å²) < 4.78 is 32.3. The number of nitrogens with one attached hydrogen (secondary N) is 2. The molecule has 0 spiro atoms. The Morgan fingerprint density at radius 1 is 1.23 bits per heavy atom. The molecule has 1 aliphatic rings. The molecule has 1 aliphatic heterocycles. The molecule has 0 radical (unpaired) electrons. The SMILES string of the molecule is Cc1nc(-c2cccc(NC(=O)C3CCN(S(=O)(=O)c4c(C)noc4C)CC3)c2)n[nH]1. The van der Waals surface area contributed by atoms with E-state index >= 15 is 0 Å². The second kappa shape index (κ2) is 8.23. The first kappa shape index (κ1) is 21.2. The van der Waals surface area contributed by atoms with Crippen molar-refractivity contribution in [3.05, 3.63) is 41.5 Å². The Balaban J connectivity index is 1.40. The van der Waals surface area contributed by atoms with Crippen molar-refractivity contribution in [3.8, 4) is 11.4 Å². The molecule has 10 nitrogen and oxygen atoms in total. The molecule has 0 aliphatic carbocycles. The average molecular weight is 445 g/mol. The maximum Gasteiger partial charge on any atom is 0.248 e. The van der Waals surface area contributed by atoms with E-state index in [1.54, 1.807) is 19.9 Å². The Morgan fingerprint density at radius 3 is 2.58 bits per heavy atom. The number of amides is 1. The van der Waals surface area contributed by atoms with Gasteiger partial charge in [0.2, 0.25) is 15.9 Å². The number of carbonyl (C=O) groups is 1. The molecule has 1 amide bonds. The number of hydrogen-bond donors (Lipinski definition) is 2. The van der Waals surface area contributed by atoms with E-state index in [9.17, 15) is 13.2 Å². The lowest BCUT2D eigenvalue weighted by molar-refractivity contribution is -0.120. The number of aromatic nitrogens is 4. The molecule has 0 saturated carbocycles. The van der Waals surface area contributed by atoms with Gasteiger partial charge in [-0.25, -0.2) is 13.4 Å². The van der Waals surface area contributed by atoms with Gasteiger partial charge in [-0.05, 0) is 45.7 Å². The molecular weight excluding hydrogens is 420 g/mol. The molecule has 164 valence electrons. The number of piperidine rings is 1. The summed E-state index contributed by atoms with van der Waals surface area (Å²) in [6.07, 6.45) is 0.877. The molecule has 1 aromatic carbocycles. The average Bonchev–Trinajstić information content (AvgIpc) is 3.33. The number of sulfonamides is 1. The van der Waals surface area contributed by atoms with E-state index in [1.807, 2.05) is 25.1 Å². The van der Waals surface area contributed by atoms with Gasteiger partial charge in [-0.15, -0.1) is 0 Å². The molecule has 0 unspecified atom stereocenters. The molecular formula is C20H24N6O4S. The quantitative estimate of drug-likeness (QED) is 0.617. The van der Waals surface area contributed by atoms with E-state index in [4.69, 9.17) is 4.52 Å². The van der Waals surface area contributed by atoms with Gasteiger partial charge < -0.3 is 9.84 Å². The van der Waals surface area contributed by atoms with Crippen molar-refractivity contribution in [1.82, 2.24) is 24.6 Å². The van der Waals surface area contributed by atoms with Crippen LogP contribution < -0.4 is 5.32 Å². The third kappa shape index (κ3) is 4.23. The Labute approximate surface area is 180 Å². The number of anilines is 1. The molecule has 2 aromatic heterocycles. The molecule has 2 N–H and O–H groups in total. The fraction of sp³-hybridized carbons (Fsp3) is 0.400. The fourth-order valence-electron chi connectivity index (χ4n) is 3.78. The largest absolute Gasteiger partial charge is 0.360 e. The van der Waals surface area contributed by atoms with E-state index in [0.717, 1.165) is 5.56 Å². The van der Waals surface area contributed by atoms with Gasteiger partial charge in [-0.2, -0.15) is 9.40 Å². The summed E-state index contributed by atoms with van der Waals surface area (Å²) >= 11 is 0. The van der Waals surface area contributed by atoms with Crippen molar-refractivity contribution in [2.45, 2.75) is 38.5 Å². The maximum atomic E-state index is 12.9. The summed E-state index contributed by atoms with van der Waals surface area (Å²) in [5.74, 6) is 1.15. The summed E-state index contributed by atoms with van der Waals surface area (Å²) in [5.41, 5.74) is 1.79. The molecule has 31 heavy (non-hydrogen) atoms. The van der Waals surface area contributed by atoms with Gasteiger partial charge in [0.1, 0.15) is 16.4 Å². The monoisotopic (exact) mass is 444 g/mol. The zero-order valence-corrected chi connectivity index (χ0v) is 18.4. The summed E-state index contributed by atoms with van der Waals surface area (Å²) in [5, 5.41) is 13.6. The van der Waals surface area contributed by atoms with Crippen LogP contribution in [0.3, 0.4) is 0 Å². The van der Waals surface area contributed by atoms with Crippen molar-refractivity contribution in [2.75, 3.05) is 18.4 Å². The summed E-state index contributed by atoms with van der Waals surface area (Å²) in [4.78, 5) is 17.2. The van der Waals surface area contributed by atoms with Crippen LogP contribution in [0.5, 0.6) is 0 Å². The van der Waals surface area contributed by atoms with E-state index < -0.39 is 10.0 Å². The van der Waals surface area contributed by atoms with Gasteiger partial charge in [0.15, 0.2) is 11.6 Å². The van der Waals surface area contributed by atoms with Crippen LogP contribution in [0.1, 0.15) is 30.1 Å². The van der Waals surface area contributed by atoms with Gasteiger partial charge in [-0.1, -0.05) is 17.3 Å². The van der Waals surface area contributed by atoms with Crippen LogP contribution in [0.2, 0.25) is 0 Å². The van der Waals surface area contributed by atoms with Crippen LogP contribution in [0, 0.1) is 26.7 Å². The Kier molecular flexibility index (Phi) is 5.63. The minimum absolute atomic E-state index is 0.120. The summed E-state index contributed by atoms with van der Waals surface area (Å²) in [6, 6.07) is 7.32. The Hall–Kier alpha value is -3.05. The molecule has 4 rings (SSSR count). The van der Waals surface area contributed by atoms with Gasteiger partial charge in [-0.3, -0.25) is 9.89 Å². The Bertz CT molecular complexity index is 1190.